The largest absolute Gasteiger partial charge is 0.481 e. The number of carbonyl (C=O) groups is 1. The van der Waals surface area contributed by atoms with Gasteiger partial charge in [-0.1, -0.05) is 31.2 Å². The molecule has 0 radical (unpaired) electrons. The first-order chi connectivity index (χ1) is 14.7. The van der Waals surface area contributed by atoms with Crippen molar-refractivity contribution in [1.82, 2.24) is 15.0 Å². The Bertz CT molecular complexity index is 1210. The molecule has 2 N–H and O–H groups in total. The molecule has 0 spiro atoms. The number of nitrogens with one attached hydrogen (secondary N) is 1. The molecule has 0 bridgehead atoms. The summed E-state index contributed by atoms with van der Waals surface area (Å²) in [6.45, 7) is 3.31. The van der Waals surface area contributed by atoms with Crippen molar-refractivity contribution in [2.45, 2.75) is 25.2 Å². The molecule has 0 saturated heterocycles. The SMILES string of the molecule is COc1nc(C)cnc1NS(=O)(=O)c1cnccc1-c1ccccc1CC(C)C(=O)O. The van der Waals surface area contributed by atoms with Gasteiger partial charge in [-0.3, -0.25) is 14.5 Å². The van der Waals surface area contributed by atoms with Gasteiger partial charge in [-0.05, 0) is 30.5 Å². The molecule has 1 aromatic carbocycles. The van der Waals surface area contributed by atoms with Gasteiger partial charge in [-0.15, -0.1) is 0 Å². The van der Waals surface area contributed by atoms with Crippen molar-refractivity contribution < 1.29 is 23.1 Å². The van der Waals surface area contributed by atoms with Crippen molar-refractivity contribution in [3.8, 4) is 17.0 Å². The highest BCUT2D eigenvalue weighted by Gasteiger charge is 2.24. The van der Waals surface area contributed by atoms with Gasteiger partial charge in [0.05, 0.1) is 24.9 Å². The van der Waals surface area contributed by atoms with Gasteiger partial charge in [0, 0.05) is 18.0 Å². The van der Waals surface area contributed by atoms with Gasteiger partial charge in [0.15, 0.2) is 0 Å². The Kier molecular flexibility index (Phi) is 6.50. The average molecular weight is 442 g/mol. The summed E-state index contributed by atoms with van der Waals surface area (Å²) in [7, 11) is -2.74. The zero-order valence-electron chi connectivity index (χ0n) is 17.2. The summed E-state index contributed by atoms with van der Waals surface area (Å²) in [6, 6.07) is 8.67. The lowest BCUT2D eigenvalue weighted by Gasteiger charge is -2.16. The predicted octanol–water partition coefficient (Wildman–Crippen LogP) is 2.92. The van der Waals surface area contributed by atoms with Crippen LogP contribution in [0.15, 0.2) is 53.8 Å². The Hall–Kier alpha value is -3.53. The smallest absolute Gasteiger partial charge is 0.306 e. The van der Waals surface area contributed by atoms with E-state index in [-0.39, 0.29) is 23.0 Å². The Morgan fingerprint density at radius 2 is 1.94 bits per heavy atom. The standard InChI is InChI=1S/C21H22N4O5S/c1-13(21(26)27)10-15-6-4-5-7-16(15)17-8-9-22-12-18(17)31(28,29)25-19-20(30-3)24-14(2)11-23-19/h4-9,11-13H,10H2,1-3H3,(H,23,25)(H,26,27). The van der Waals surface area contributed by atoms with Gasteiger partial charge in [0.2, 0.25) is 5.82 Å². The monoisotopic (exact) mass is 442 g/mol. The Balaban J connectivity index is 2.06. The van der Waals surface area contributed by atoms with Crippen LogP contribution in [0.2, 0.25) is 0 Å². The van der Waals surface area contributed by atoms with Gasteiger partial charge in [-0.25, -0.2) is 18.4 Å². The number of anilines is 1. The van der Waals surface area contributed by atoms with Crippen LogP contribution in [0.25, 0.3) is 11.1 Å². The minimum atomic E-state index is -4.11. The fraction of sp³-hybridized carbons (Fsp3) is 0.238. The highest BCUT2D eigenvalue weighted by molar-refractivity contribution is 7.92. The quantitative estimate of drug-likeness (QED) is 0.544. The number of ether oxygens (including phenoxy) is 1. The first-order valence-electron chi connectivity index (χ1n) is 9.38. The number of benzene rings is 1. The molecule has 0 saturated carbocycles. The van der Waals surface area contributed by atoms with Gasteiger partial charge in [0.25, 0.3) is 15.9 Å². The molecule has 162 valence electrons. The summed E-state index contributed by atoms with van der Waals surface area (Å²) >= 11 is 0. The molecular formula is C21H22N4O5S. The maximum Gasteiger partial charge on any atom is 0.306 e. The van der Waals surface area contributed by atoms with E-state index in [0.717, 1.165) is 0 Å². The number of carboxylic acids is 1. The Morgan fingerprint density at radius 1 is 1.19 bits per heavy atom. The van der Waals surface area contributed by atoms with E-state index in [1.54, 1.807) is 44.2 Å². The van der Waals surface area contributed by atoms with Crippen LogP contribution in [-0.4, -0.2) is 41.6 Å². The highest BCUT2D eigenvalue weighted by atomic mass is 32.2. The lowest BCUT2D eigenvalue weighted by Crippen LogP contribution is -2.17. The molecule has 9 nitrogen and oxygen atoms in total. The number of hydrogen-bond donors (Lipinski definition) is 2. The molecule has 2 heterocycles. The molecule has 0 fully saturated rings. The van der Waals surface area contributed by atoms with E-state index in [1.165, 1.54) is 25.7 Å². The molecule has 1 atom stereocenters. The molecule has 10 heteroatoms. The molecule has 0 aliphatic rings. The Labute approximate surface area is 180 Å². The van der Waals surface area contributed by atoms with Crippen molar-refractivity contribution in [2.75, 3.05) is 11.8 Å². The second-order valence-corrected chi connectivity index (χ2v) is 8.60. The van der Waals surface area contributed by atoms with E-state index >= 15 is 0 Å². The topological polar surface area (TPSA) is 131 Å². The summed E-state index contributed by atoms with van der Waals surface area (Å²) in [5.41, 5.74) is 2.30. The number of rotatable bonds is 8. The fourth-order valence-corrected chi connectivity index (χ4v) is 4.22. The third-order valence-corrected chi connectivity index (χ3v) is 5.98. The number of aromatic nitrogens is 3. The summed E-state index contributed by atoms with van der Waals surface area (Å²) in [6.07, 6.45) is 4.40. The van der Waals surface area contributed by atoms with Crippen LogP contribution in [0.4, 0.5) is 5.82 Å². The third-order valence-electron chi connectivity index (χ3n) is 4.61. The van der Waals surface area contributed by atoms with E-state index in [4.69, 9.17) is 4.74 Å². The number of nitrogens with zero attached hydrogens (tertiary/aromatic N) is 3. The minimum Gasteiger partial charge on any atom is -0.481 e. The van der Waals surface area contributed by atoms with Gasteiger partial charge in [0.1, 0.15) is 4.90 Å². The van der Waals surface area contributed by atoms with Crippen LogP contribution in [-0.2, 0) is 21.2 Å². The molecule has 2 aromatic heterocycles. The number of hydrogen-bond acceptors (Lipinski definition) is 7. The summed E-state index contributed by atoms with van der Waals surface area (Å²) in [5, 5.41) is 9.28. The average Bonchev–Trinajstić information content (AvgIpc) is 2.75. The van der Waals surface area contributed by atoms with E-state index in [2.05, 4.69) is 19.7 Å². The first kappa shape index (κ1) is 22.2. The lowest BCUT2D eigenvalue weighted by atomic mass is 9.93. The van der Waals surface area contributed by atoms with Gasteiger partial charge < -0.3 is 9.84 Å². The molecule has 0 aliphatic heterocycles. The van der Waals surface area contributed by atoms with Crippen molar-refractivity contribution in [2.24, 2.45) is 5.92 Å². The second kappa shape index (κ2) is 9.09. The molecule has 0 amide bonds. The van der Waals surface area contributed by atoms with Crippen molar-refractivity contribution in [1.29, 1.82) is 0 Å². The maximum absolute atomic E-state index is 13.2. The first-order valence-corrected chi connectivity index (χ1v) is 10.9. The molecule has 3 rings (SSSR count). The molecule has 31 heavy (non-hydrogen) atoms. The number of pyridine rings is 1. The normalized spacial score (nSPS) is 12.2. The van der Waals surface area contributed by atoms with Crippen LogP contribution >= 0.6 is 0 Å². The number of methoxy groups -OCH3 is 1. The third kappa shape index (κ3) is 4.97. The van der Waals surface area contributed by atoms with Crippen molar-refractivity contribution in [3.63, 3.8) is 0 Å². The number of carboxylic acid groups (broad SMARTS) is 1. The molecule has 1 unspecified atom stereocenters. The van der Waals surface area contributed by atoms with Crippen molar-refractivity contribution >= 4 is 21.8 Å². The van der Waals surface area contributed by atoms with E-state index in [0.29, 0.717) is 22.4 Å². The number of aliphatic carboxylic acids is 1. The lowest BCUT2D eigenvalue weighted by molar-refractivity contribution is -0.141. The minimum absolute atomic E-state index is 0.0457. The van der Waals surface area contributed by atoms with Crippen LogP contribution in [0.5, 0.6) is 5.88 Å². The number of aryl methyl sites for hydroxylation is 1. The van der Waals surface area contributed by atoms with Crippen LogP contribution in [0.1, 0.15) is 18.2 Å². The van der Waals surface area contributed by atoms with E-state index in [9.17, 15) is 18.3 Å². The van der Waals surface area contributed by atoms with Crippen LogP contribution in [0.3, 0.4) is 0 Å². The van der Waals surface area contributed by atoms with Gasteiger partial charge in [-0.2, -0.15) is 0 Å². The van der Waals surface area contributed by atoms with Crippen molar-refractivity contribution in [3.05, 3.63) is 60.2 Å². The Morgan fingerprint density at radius 3 is 2.65 bits per heavy atom. The zero-order chi connectivity index (χ0) is 22.6. The summed E-state index contributed by atoms with van der Waals surface area (Å²) in [4.78, 5) is 23.4. The van der Waals surface area contributed by atoms with E-state index < -0.39 is 21.9 Å². The van der Waals surface area contributed by atoms with Crippen LogP contribution < -0.4 is 9.46 Å². The van der Waals surface area contributed by atoms with Gasteiger partial charge >= 0.3 is 5.97 Å². The molecule has 0 aliphatic carbocycles. The molecular weight excluding hydrogens is 420 g/mol. The fourth-order valence-electron chi connectivity index (χ4n) is 3.04. The van der Waals surface area contributed by atoms with Crippen LogP contribution in [0, 0.1) is 12.8 Å². The maximum atomic E-state index is 13.2. The zero-order valence-corrected chi connectivity index (χ0v) is 18.0. The summed E-state index contributed by atoms with van der Waals surface area (Å²) in [5.74, 6) is -1.56. The van der Waals surface area contributed by atoms with E-state index in [1.807, 2.05) is 0 Å². The second-order valence-electron chi connectivity index (χ2n) is 6.95. The summed E-state index contributed by atoms with van der Waals surface area (Å²) < 4.78 is 34.0. The molecule has 3 aromatic rings. The highest BCUT2D eigenvalue weighted by Crippen LogP contribution is 2.32. The number of sulfonamides is 1. The predicted molar refractivity (Wildman–Crippen MR) is 114 cm³/mol.